The first-order valence-corrected chi connectivity index (χ1v) is 8.32. The molecule has 1 aliphatic carbocycles. The Hall–Kier alpha value is 0.0600. The van der Waals surface area contributed by atoms with Crippen LogP contribution in [0.15, 0.2) is 0 Å². The molecule has 0 spiro atoms. The molecule has 1 aromatic rings. The fraction of sp³-hybridized carbons (Fsp3) is 0.714. The number of rotatable bonds is 6. The van der Waals surface area contributed by atoms with E-state index in [0.29, 0.717) is 23.6 Å². The van der Waals surface area contributed by atoms with E-state index < -0.39 is 0 Å². The largest absolute Gasteiger partial charge is 0.370 e. The molecule has 1 heterocycles. The molecule has 1 aliphatic rings. The highest BCUT2D eigenvalue weighted by molar-refractivity contribution is 14.1. The Morgan fingerprint density at radius 3 is 2.58 bits per heavy atom. The fourth-order valence-corrected chi connectivity index (χ4v) is 2.79. The van der Waals surface area contributed by atoms with E-state index in [0.717, 1.165) is 21.5 Å². The van der Waals surface area contributed by atoms with Gasteiger partial charge in [0.05, 0.1) is 9.26 Å². The fourth-order valence-electron chi connectivity index (χ4n) is 2.13. The summed E-state index contributed by atoms with van der Waals surface area (Å²) >= 11 is 8.49. The van der Waals surface area contributed by atoms with E-state index in [1.54, 1.807) is 0 Å². The minimum absolute atomic E-state index is 0.0189. The summed E-state index contributed by atoms with van der Waals surface area (Å²) in [6.45, 7) is 7.08. The molecule has 0 aromatic carbocycles. The molecule has 0 aliphatic heterocycles. The molecule has 106 valence electrons. The molecule has 1 unspecified atom stereocenters. The number of hydrogen-bond acceptors (Lipinski definition) is 3. The lowest BCUT2D eigenvalue weighted by molar-refractivity contribution is 0.0398. The van der Waals surface area contributed by atoms with Gasteiger partial charge in [-0.15, -0.1) is 0 Å². The molecule has 3 nitrogen and oxygen atoms in total. The lowest BCUT2D eigenvalue weighted by atomic mass is 10.1. The first-order chi connectivity index (χ1) is 9.02. The maximum absolute atomic E-state index is 6.26. The molecule has 1 aromatic heterocycles. The third kappa shape index (κ3) is 4.02. The van der Waals surface area contributed by atoms with Gasteiger partial charge >= 0.3 is 0 Å². The van der Waals surface area contributed by atoms with Crippen molar-refractivity contribution in [3.8, 4) is 0 Å². The second-order valence-corrected chi connectivity index (χ2v) is 6.88. The molecule has 1 fully saturated rings. The summed E-state index contributed by atoms with van der Waals surface area (Å²) in [5, 5.41) is 0.562. The third-order valence-electron chi connectivity index (χ3n) is 3.15. The zero-order valence-electron chi connectivity index (χ0n) is 11.6. The monoisotopic (exact) mass is 394 g/mol. The van der Waals surface area contributed by atoms with Crippen LogP contribution in [-0.4, -0.2) is 16.6 Å². The molecule has 19 heavy (non-hydrogen) atoms. The lowest BCUT2D eigenvalue weighted by Crippen LogP contribution is -2.14. The van der Waals surface area contributed by atoms with Gasteiger partial charge in [0.1, 0.15) is 11.3 Å². The smallest absolute Gasteiger partial charge is 0.159 e. The number of nitrogens with zero attached hydrogens (tertiary/aromatic N) is 2. The van der Waals surface area contributed by atoms with Crippen molar-refractivity contribution < 1.29 is 4.74 Å². The van der Waals surface area contributed by atoms with Gasteiger partial charge in [0.25, 0.3) is 0 Å². The molecule has 0 bridgehead atoms. The molecule has 0 N–H and O–H groups in total. The summed E-state index contributed by atoms with van der Waals surface area (Å²) < 4.78 is 6.80. The Balaban J connectivity index is 2.31. The van der Waals surface area contributed by atoms with Crippen LogP contribution in [0.5, 0.6) is 0 Å². The van der Waals surface area contributed by atoms with Crippen molar-refractivity contribution in [3.05, 3.63) is 20.2 Å². The van der Waals surface area contributed by atoms with Gasteiger partial charge in [0.2, 0.25) is 0 Å². The van der Waals surface area contributed by atoms with Crippen molar-refractivity contribution in [1.29, 1.82) is 0 Å². The summed E-state index contributed by atoms with van der Waals surface area (Å²) in [6.07, 6.45) is 3.36. The van der Waals surface area contributed by atoms with Crippen LogP contribution in [0.1, 0.15) is 51.2 Å². The molecule has 2 rings (SSSR count). The zero-order valence-corrected chi connectivity index (χ0v) is 14.5. The first kappa shape index (κ1) is 15.4. The second-order valence-electron chi connectivity index (χ2n) is 5.44. The van der Waals surface area contributed by atoms with E-state index in [2.05, 4.69) is 41.4 Å². The van der Waals surface area contributed by atoms with Gasteiger partial charge in [-0.2, -0.15) is 0 Å². The molecule has 5 heteroatoms. The van der Waals surface area contributed by atoms with Crippen LogP contribution < -0.4 is 0 Å². The van der Waals surface area contributed by atoms with Crippen molar-refractivity contribution in [2.24, 2.45) is 11.8 Å². The van der Waals surface area contributed by atoms with E-state index in [-0.39, 0.29) is 6.10 Å². The van der Waals surface area contributed by atoms with E-state index in [4.69, 9.17) is 21.3 Å². The van der Waals surface area contributed by atoms with Crippen LogP contribution in [0.4, 0.5) is 0 Å². The highest BCUT2D eigenvalue weighted by Gasteiger charge is 2.35. The maximum atomic E-state index is 6.26. The quantitative estimate of drug-likeness (QED) is 0.529. The average molecular weight is 395 g/mol. The predicted molar refractivity (Wildman–Crippen MR) is 85.4 cm³/mol. The number of halogens is 2. The van der Waals surface area contributed by atoms with Crippen molar-refractivity contribution >= 4 is 34.2 Å². The highest BCUT2D eigenvalue weighted by Crippen LogP contribution is 2.42. The summed E-state index contributed by atoms with van der Waals surface area (Å²) in [6, 6.07) is 0. The van der Waals surface area contributed by atoms with Crippen LogP contribution >= 0.6 is 34.2 Å². The Morgan fingerprint density at radius 1 is 1.37 bits per heavy atom. The molecule has 1 saturated carbocycles. The van der Waals surface area contributed by atoms with Gasteiger partial charge in [-0.25, -0.2) is 9.97 Å². The SMILES string of the molecule is CCOC(c1nc(Cl)c(I)c(CC(C)C)n1)C1CC1. The summed E-state index contributed by atoms with van der Waals surface area (Å²) in [5.41, 5.74) is 1.05. The topological polar surface area (TPSA) is 35.0 Å². The van der Waals surface area contributed by atoms with Gasteiger partial charge < -0.3 is 4.74 Å². The Kier molecular flexibility index (Phi) is 5.43. The van der Waals surface area contributed by atoms with Gasteiger partial charge in [0, 0.05) is 6.61 Å². The van der Waals surface area contributed by atoms with Crippen molar-refractivity contribution in [1.82, 2.24) is 9.97 Å². The van der Waals surface area contributed by atoms with Crippen LogP contribution in [-0.2, 0) is 11.2 Å². The predicted octanol–water partition coefficient (Wildman–Crippen LogP) is 4.42. The number of hydrogen-bond donors (Lipinski definition) is 0. The Morgan fingerprint density at radius 2 is 2.05 bits per heavy atom. The number of aromatic nitrogens is 2. The molecule has 0 saturated heterocycles. The summed E-state index contributed by atoms with van der Waals surface area (Å²) in [7, 11) is 0. The average Bonchev–Trinajstić information content (AvgIpc) is 3.15. The summed E-state index contributed by atoms with van der Waals surface area (Å²) in [5.74, 6) is 1.90. The minimum Gasteiger partial charge on any atom is -0.370 e. The second kappa shape index (κ2) is 6.68. The minimum atomic E-state index is 0.0189. The van der Waals surface area contributed by atoms with E-state index in [1.807, 2.05) is 6.92 Å². The molecule has 0 radical (unpaired) electrons. The third-order valence-corrected chi connectivity index (χ3v) is 4.88. The van der Waals surface area contributed by atoms with Crippen LogP contribution in [0.25, 0.3) is 0 Å². The van der Waals surface area contributed by atoms with Crippen molar-refractivity contribution in [3.63, 3.8) is 0 Å². The van der Waals surface area contributed by atoms with Gasteiger partial charge in [-0.3, -0.25) is 0 Å². The zero-order chi connectivity index (χ0) is 14.0. The van der Waals surface area contributed by atoms with E-state index in [1.165, 1.54) is 12.8 Å². The maximum Gasteiger partial charge on any atom is 0.159 e. The Labute approximate surface area is 133 Å². The highest BCUT2D eigenvalue weighted by atomic mass is 127. The molecule has 1 atom stereocenters. The molecular formula is C14H20ClIN2O. The molecule has 0 amide bonds. The van der Waals surface area contributed by atoms with Crippen molar-refractivity contribution in [2.75, 3.05) is 6.61 Å². The van der Waals surface area contributed by atoms with Crippen LogP contribution in [0.2, 0.25) is 5.15 Å². The normalized spacial score (nSPS) is 16.9. The lowest BCUT2D eigenvalue weighted by Gasteiger charge is -2.17. The molecular weight excluding hydrogens is 375 g/mol. The van der Waals surface area contributed by atoms with E-state index >= 15 is 0 Å². The van der Waals surface area contributed by atoms with Crippen LogP contribution in [0.3, 0.4) is 0 Å². The standard InChI is InChI=1S/C14H20ClIN2O/c1-4-19-12(9-5-6-9)14-17-10(7-8(2)3)11(16)13(15)18-14/h8-9,12H,4-7H2,1-3H3. The Bertz CT molecular complexity index is 449. The van der Waals surface area contributed by atoms with Crippen molar-refractivity contribution in [2.45, 2.75) is 46.1 Å². The number of ether oxygens (including phenoxy) is 1. The van der Waals surface area contributed by atoms with Gasteiger partial charge in [0.15, 0.2) is 5.82 Å². The van der Waals surface area contributed by atoms with E-state index in [9.17, 15) is 0 Å². The summed E-state index contributed by atoms with van der Waals surface area (Å²) in [4.78, 5) is 9.17. The van der Waals surface area contributed by atoms with Gasteiger partial charge in [-0.1, -0.05) is 25.4 Å². The first-order valence-electron chi connectivity index (χ1n) is 6.86. The van der Waals surface area contributed by atoms with Crippen LogP contribution in [0, 0.1) is 15.4 Å². The van der Waals surface area contributed by atoms with Gasteiger partial charge in [-0.05, 0) is 60.6 Å².